The average molecular weight is 268 g/mol. The zero-order chi connectivity index (χ0) is 13.2. The minimum absolute atomic E-state index is 0.256. The van der Waals surface area contributed by atoms with E-state index < -0.39 is 15.7 Å². The molecule has 0 saturated carbocycles. The van der Waals surface area contributed by atoms with Crippen LogP contribution in [-0.4, -0.2) is 18.7 Å². The van der Waals surface area contributed by atoms with Crippen molar-refractivity contribution in [3.8, 4) is 0 Å². The summed E-state index contributed by atoms with van der Waals surface area (Å²) >= 11 is 0. The minimum atomic E-state index is -3.96. The summed E-state index contributed by atoms with van der Waals surface area (Å²) in [6, 6.07) is 8.41. The Kier molecular flexibility index (Phi) is 3.49. The molecule has 1 heterocycles. The van der Waals surface area contributed by atoms with Crippen LogP contribution >= 0.6 is 0 Å². The van der Waals surface area contributed by atoms with Crippen molar-refractivity contribution in [1.29, 1.82) is 0 Å². The molecule has 1 N–H and O–H groups in total. The Morgan fingerprint density at radius 3 is 2.67 bits per heavy atom. The summed E-state index contributed by atoms with van der Waals surface area (Å²) in [6.45, 7) is 0. The van der Waals surface area contributed by atoms with Crippen LogP contribution in [0.1, 0.15) is 12.0 Å². The van der Waals surface area contributed by atoms with Crippen LogP contribution in [-0.2, 0) is 16.5 Å². The van der Waals surface area contributed by atoms with Gasteiger partial charge in [0.15, 0.2) is 0 Å². The maximum Gasteiger partial charge on any atom is 0.336 e. The van der Waals surface area contributed by atoms with Gasteiger partial charge < -0.3 is 4.42 Å². The molecule has 0 radical (unpaired) electrons. The first-order valence-electron chi connectivity index (χ1n) is 5.43. The van der Waals surface area contributed by atoms with Gasteiger partial charge in [-0.2, -0.15) is 8.42 Å². The first-order chi connectivity index (χ1) is 8.46. The lowest BCUT2D eigenvalue weighted by atomic mass is 10.1. The zero-order valence-electron chi connectivity index (χ0n) is 9.50. The second-order valence-electron chi connectivity index (χ2n) is 3.98. The van der Waals surface area contributed by atoms with Crippen molar-refractivity contribution in [2.45, 2.75) is 12.8 Å². The third kappa shape index (κ3) is 3.18. The predicted octanol–water partition coefficient (Wildman–Crippen LogP) is 1.61. The topological polar surface area (TPSA) is 84.6 Å². The van der Waals surface area contributed by atoms with Crippen LogP contribution < -0.4 is 5.63 Å². The van der Waals surface area contributed by atoms with E-state index in [4.69, 9.17) is 8.97 Å². The van der Waals surface area contributed by atoms with Gasteiger partial charge in [-0.1, -0.05) is 18.2 Å². The largest absolute Gasteiger partial charge is 0.423 e. The van der Waals surface area contributed by atoms with Crippen molar-refractivity contribution in [2.24, 2.45) is 0 Å². The van der Waals surface area contributed by atoms with Gasteiger partial charge >= 0.3 is 5.63 Å². The fraction of sp³-hybridized carbons (Fsp3) is 0.250. The second kappa shape index (κ2) is 4.91. The average Bonchev–Trinajstić information content (AvgIpc) is 2.27. The predicted molar refractivity (Wildman–Crippen MR) is 67.2 cm³/mol. The molecule has 0 aliphatic rings. The highest BCUT2D eigenvalue weighted by molar-refractivity contribution is 7.85. The summed E-state index contributed by atoms with van der Waals surface area (Å²) in [4.78, 5) is 11.3. The number of para-hydroxylation sites is 1. The fourth-order valence-corrected chi connectivity index (χ4v) is 2.34. The lowest BCUT2D eigenvalue weighted by molar-refractivity contribution is 0.481. The van der Waals surface area contributed by atoms with E-state index in [1.165, 1.54) is 6.07 Å². The number of fused-ring (bicyclic) bond motifs is 1. The Bertz CT molecular complexity index is 715. The number of hydrogen-bond acceptors (Lipinski definition) is 4. The van der Waals surface area contributed by atoms with E-state index in [1.54, 1.807) is 18.2 Å². The molecule has 0 aliphatic carbocycles. The van der Waals surface area contributed by atoms with Crippen LogP contribution in [0.25, 0.3) is 11.0 Å². The van der Waals surface area contributed by atoms with E-state index >= 15 is 0 Å². The van der Waals surface area contributed by atoms with Crippen molar-refractivity contribution in [2.75, 3.05) is 5.75 Å². The van der Waals surface area contributed by atoms with E-state index in [9.17, 15) is 13.2 Å². The first-order valence-corrected chi connectivity index (χ1v) is 7.03. The van der Waals surface area contributed by atoms with Crippen LogP contribution in [0, 0.1) is 0 Å². The van der Waals surface area contributed by atoms with E-state index in [1.807, 2.05) is 6.07 Å². The highest BCUT2D eigenvalue weighted by Crippen LogP contribution is 2.17. The van der Waals surface area contributed by atoms with Crippen LogP contribution in [0.2, 0.25) is 0 Å². The lowest BCUT2D eigenvalue weighted by Gasteiger charge is -2.04. The SMILES string of the molecule is O=c1cc(CCCS(=O)(=O)O)c2ccccc2o1. The smallest absolute Gasteiger partial charge is 0.336 e. The Morgan fingerprint density at radius 2 is 1.94 bits per heavy atom. The molecular weight excluding hydrogens is 256 g/mol. The molecule has 0 saturated heterocycles. The molecule has 6 heteroatoms. The fourth-order valence-electron chi connectivity index (χ4n) is 1.83. The lowest BCUT2D eigenvalue weighted by Crippen LogP contribution is -2.06. The molecule has 96 valence electrons. The molecule has 0 unspecified atom stereocenters. The summed E-state index contributed by atoms with van der Waals surface area (Å²) in [6.07, 6.45) is 0.651. The Labute approximate surface area is 104 Å². The number of aryl methyl sites for hydroxylation is 1. The molecule has 1 aromatic carbocycles. The van der Waals surface area contributed by atoms with Gasteiger partial charge in [0.25, 0.3) is 10.1 Å². The maximum atomic E-state index is 11.3. The van der Waals surface area contributed by atoms with Gasteiger partial charge in [-0.05, 0) is 24.5 Å². The van der Waals surface area contributed by atoms with Crippen LogP contribution in [0.15, 0.2) is 39.5 Å². The second-order valence-corrected chi connectivity index (χ2v) is 5.55. The van der Waals surface area contributed by atoms with E-state index in [-0.39, 0.29) is 12.2 Å². The number of rotatable bonds is 4. The molecule has 1 aromatic heterocycles. The summed E-state index contributed by atoms with van der Waals surface area (Å²) in [5.41, 5.74) is 0.743. The molecule has 0 amide bonds. The highest BCUT2D eigenvalue weighted by Gasteiger charge is 2.08. The molecular formula is C12H12O5S. The Hall–Kier alpha value is -1.66. The van der Waals surface area contributed by atoms with Gasteiger partial charge in [0.05, 0.1) is 5.75 Å². The maximum absolute atomic E-state index is 11.3. The number of hydrogen-bond donors (Lipinski definition) is 1. The van der Waals surface area contributed by atoms with Crippen molar-refractivity contribution >= 4 is 21.1 Å². The Balaban J connectivity index is 2.30. The number of benzene rings is 1. The van der Waals surface area contributed by atoms with Crippen LogP contribution in [0.5, 0.6) is 0 Å². The van der Waals surface area contributed by atoms with Gasteiger partial charge in [0.2, 0.25) is 0 Å². The first kappa shape index (κ1) is 12.8. The standard InChI is InChI=1S/C12H12O5S/c13-12-8-9(4-3-7-18(14,15)16)10-5-1-2-6-11(10)17-12/h1-2,5-6,8H,3-4,7H2,(H,14,15,16). The van der Waals surface area contributed by atoms with Gasteiger partial charge in [0, 0.05) is 11.5 Å². The monoisotopic (exact) mass is 268 g/mol. The third-order valence-electron chi connectivity index (χ3n) is 2.58. The van der Waals surface area contributed by atoms with Crippen molar-refractivity contribution in [3.05, 3.63) is 46.3 Å². The van der Waals surface area contributed by atoms with Crippen molar-refractivity contribution < 1.29 is 17.4 Å². The third-order valence-corrected chi connectivity index (χ3v) is 3.39. The summed E-state index contributed by atoms with van der Waals surface area (Å²) in [5.74, 6) is -0.318. The van der Waals surface area contributed by atoms with Gasteiger partial charge in [-0.25, -0.2) is 4.79 Å². The molecule has 0 fully saturated rings. The molecule has 2 rings (SSSR count). The van der Waals surface area contributed by atoms with Gasteiger partial charge in [0.1, 0.15) is 5.58 Å². The van der Waals surface area contributed by atoms with Crippen LogP contribution in [0.4, 0.5) is 0 Å². The van der Waals surface area contributed by atoms with Gasteiger partial charge in [-0.3, -0.25) is 4.55 Å². The zero-order valence-corrected chi connectivity index (χ0v) is 10.3. The highest BCUT2D eigenvalue weighted by atomic mass is 32.2. The van der Waals surface area contributed by atoms with E-state index in [2.05, 4.69) is 0 Å². The molecule has 2 aromatic rings. The quantitative estimate of drug-likeness (QED) is 0.672. The summed E-state index contributed by atoms with van der Waals surface area (Å²) in [7, 11) is -3.96. The summed E-state index contributed by atoms with van der Waals surface area (Å²) < 4.78 is 34.9. The van der Waals surface area contributed by atoms with Crippen molar-refractivity contribution in [3.63, 3.8) is 0 Å². The van der Waals surface area contributed by atoms with Crippen LogP contribution in [0.3, 0.4) is 0 Å². The van der Waals surface area contributed by atoms with E-state index in [0.717, 1.165) is 10.9 Å². The molecule has 5 nitrogen and oxygen atoms in total. The van der Waals surface area contributed by atoms with Gasteiger partial charge in [-0.15, -0.1) is 0 Å². The Morgan fingerprint density at radius 1 is 1.22 bits per heavy atom. The summed E-state index contributed by atoms with van der Waals surface area (Å²) in [5, 5.41) is 0.785. The van der Waals surface area contributed by atoms with E-state index in [0.29, 0.717) is 12.0 Å². The van der Waals surface area contributed by atoms with Crippen molar-refractivity contribution in [1.82, 2.24) is 0 Å². The molecule has 18 heavy (non-hydrogen) atoms. The molecule has 0 aliphatic heterocycles. The molecule has 0 bridgehead atoms. The minimum Gasteiger partial charge on any atom is -0.423 e. The molecule has 0 atom stereocenters. The molecule has 0 spiro atoms. The normalized spacial score (nSPS) is 11.8.